The molecule has 3 aromatic rings. The fourth-order valence-electron chi connectivity index (χ4n) is 3.29. The van der Waals surface area contributed by atoms with E-state index in [2.05, 4.69) is 20.6 Å². The molecule has 10 heteroatoms. The molecular formula is C26H16Cl2N4O2S2. The molecule has 2 aliphatic heterocycles. The summed E-state index contributed by atoms with van der Waals surface area (Å²) in [5.74, 6) is -0.476. The van der Waals surface area contributed by atoms with Gasteiger partial charge in [0.1, 0.15) is 0 Å². The van der Waals surface area contributed by atoms with E-state index in [1.165, 1.54) is 23.5 Å². The van der Waals surface area contributed by atoms with Crippen LogP contribution >= 0.6 is 46.7 Å². The van der Waals surface area contributed by atoms with Crippen LogP contribution in [0.25, 0.3) is 12.2 Å². The number of halogens is 2. The third-order valence-electron chi connectivity index (χ3n) is 4.98. The average molecular weight is 551 g/mol. The SMILES string of the molecule is O=C1NC(=Nc2cccc(N=C3NC(=O)/C(=C/c4ccccc4Cl)S3)c2)S/C1=C\c1ccccc1Cl. The highest BCUT2D eigenvalue weighted by molar-refractivity contribution is 8.19. The Kier molecular flexibility index (Phi) is 7.29. The van der Waals surface area contributed by atoms with Gasteiger partial charge in [-0.15, -0.1) is 0 Å². The van der Waals surface area contributed by atoms with Crippen molar-refractivity contribution in [2.75, 3.05) is 0 Å². The first-order chi connectivity index (χ1) is 17.4. The molecule has 0 unspecified atom stereocenters. The maximum atomic E-state index is 12.4. The lowest BCUT2D eigenvalue weighted by Crippen LogP contribution is -2.19. The summed E-state index contributed by atoms with van der Waals surface area (Å²) < 4.78 is 0. The smallest absolute Gasteiger partial charge is 0.264 e. The van der Waals surface area contributed by atoms with Crippen LogP contribution in [-0.4, -0.2) is 22.1 Å². The highest BCUT2D eigenvalue weighted by atomic mass is 35.5. The maximum Gasteiger partial charge on any atom is 0.264 e. The van der Waals surface area contributed by atoms with Crippen molar-refractivity contribution in [2.45, 2.75) is 0 Å². The summed E-state index contributed by atoms with van der Waals surface area (Å²) in [6, 6.07) is 21.8. The van der Waals surface area contributed by atoms with Crippen LogP contribution in [0.3, 0.4) is 0 Å². The molecule has 2 saturated heterocycles. The first kappa shape index (κ1) is 24.4. The van der Waals surface area contributed by atoms with Crippen LogP contribution in [0.2, 0.25) is 10.0 Å². The van der Waals surface area contributed by atoms with E-state index >= 15 is 0 Å². The van der Waals surface area contributed by atoms with Crippen molar-refractivity contribution >= 4 is 92.4 Å². The minimum absolute atomic E-state index is 0.238. The van der Waals surface area contributed by atoms with Crippen LogP contribution in [0.5, 0.6) is 0 Å². The fourth-order valence-corrected chi connectivity index (χ4v) is 5.34. The second-order valence-corrected chi connectivity index (χ2v) is 10.4. The lowest BCUT2D eigenvalue weighted by molar-refractivity contribution is -0.116. The number of hydrogen-bond acceptors (Lipinski definition) is 6. The van der Waals surface area contributed by atoms with Gasteiger partial charge in [-0.3, -0.25) is 9.59 Å². The molecule has 2 heterocycles. The van der Waals surface area contributed by atoms with Gasteiger partial charge in [-0.2, -0.15) is 0 Å². The van der Waals surface area contributed by atoms with Gasteiger partial charge in [0, 0.05) is 10.0 Å². The number of nitrogens with one attached hydrogen (secondary N) is 2. The Morgan fingerprint density at radius 1 is 0.639 bits per heavy atom. The van der Waals surface area contributed by atoms with Crippen molar-refractivity contribution in [1.29, 1.82) is 0 Å². The fraction of sp³-hybridized carbons (Fsp3) is 0. The molecule has 0 atom stereocenters. The Morgan fingerprint density at radius 2 is 1.08 bits per heavy atom. The molecule has 2 fully saturated rings. The van der Waals surface area contributed by atoms with Crippen molar-refractivity contribution in [1.82, 2.24) is 10.6 Å². The quantitative estimate of drug-likeness (QED) is 0.351. The summed E-state index contributed by atoms with van der Waals surface area (Å²) in [4.78, 5) is 34.9. The van der Waals surface area contributed by atoms with E-state index in [1.807, 2.05) is 54.6 Å². The number of carbonyl (C=O) groups is 2. The summed E-state index contributed by atoms with van der Waals surface area (Å²) in [5.41, 5.74) is 2.74. The molecule has 178 valence electrons. The van der Waals surface area contributed by atoms with Gasteiger partial charge in [0.2, 0.25) is 0 Å². The Hall–Kier alpha value is -3.30. The zero-order valence-electron chi connectivity index (χ0n) is 18.4. The molecule has 36 heavy (non-hydrogen) atoms. The van der Waals surface area contributed by atoms with Crippen LogP contribution in [0.4, 0.5) is 11.4 Å². The molecule has 0 spiro atoms. The Balaban J connectivity index is 1.33. The number of benzene rings is 3. The van der Waals surface area contributed by atoms with Gasteiger partial charge in [0.25, 0.3) is 11.8 Å². The molecule has 2 amide bonds. The molecule has 0 saturated carbocycles. The van der Waals surface area contributed by atoms with E-state index in [1.54, 1.807) is 30.4 Å². The van der Waals surface area contributed by atoms with Gasteiger partial charge < -0.3 is 10.6 Å². The number of amidine groups is 2. The minimum Gasteiger partial charge on any atom is -0.300 e. The highest BCUT2D eigenvalue weighted by Gasteiger charge is 2.25. The summed E-state index contributed by atoms with van der Waals surface area (Å²) >= 11 is 14.9. The number of rotatable bonds is 4. The van der Waals surface area contributed by atoms with Crippen molar-refractivity contribution in [2.24, 2.45) is 9.98 Å². The van der Waals surface area contributed by atoms with Crippen molar-refractivity contribution in [3.63, 3.8) is 0 Å². The number of thioether (sulfide) groups is 2. The lowest BCUT2D eigenvalue weighted by Gasteiger charge is -2.00. The van der Waals surface area contributed by atoms with E-state index < -0.39 is 0 Å². The standard InChI is InChI=1S/C26H16Cl2N4O2S2/c27-19-10-3-1-6-15(19)12-21-23(33)31-25(35-21)29-17-8-5-9-18(14-17)30-26-32-24(34)22(36-26)13-16-7-2-4-11-20(16)28/h1-14H,(H,29,31,33)(H,30,32,34)/b21-12-,22-13-. The van der Waals surface area contributed by atoms with Crippen molar-refractivity contribution < 1.29 is 9.59 Å². The molecular weight excluding hydrogens is 535 g/mol. The number of amides is 2. The van der Waals surface area contributed by atoms with Gasteiger partial charge >= 0.3 is 0 Å². The monoisotopic (exact) mass is 550 g/mol. The second kappa shape index (κ2) is 10.8. The number of nitrogens with zero attached hydrogens (tertiary/aromatic N) is 2. The topological polar surface area (TPSA) is 82.9 Å². The van der Waals surface area contributed by atoms with Gasteiger partial charge in [0.15, 0.2) is 10.3 Å². The number of aliphatic imine (C=N–C) groups is 2. The van der Waals surface area contributed by atoms with Gasteiger partial charge in [0.05, 0.1) is 21.2 Å². The Labute approximate surface area is 225 Å². The van der Waals surface area contributed by atoms with E-state index in [-0.39, 0.29) is 11.8 Å². The lowest BCUT2D eigenvalue weighted by atomic mass is 10.2. The summed E-state index contributed by atoms with van der Waals surface area (Å²) in [7, 11) is 0. The maximum absolute atomic E-state index is 12.4. The summed E-state index contributed by atoms with van der Waals surface area (Å²) in [6.07, 6.45) is 3.47. The van der Waals surface area contributed by atoms with Gasteiger partial charge in [-0.05, 0) is 77.1 Å². The first-order valence-corrected chi connectivity index (χ1v) is 13.0. The van der Waals surface area contributed by atoms with Crippen LogP contribution in [0.15, 0.2) is 92.6 Å². The largest absolute Gasteiger partial charge is 0.300 e. The zero-order valence-corrected chi connectivity index (χ0v) is 21.5. The highest BCUT2D eigenvalue weighted by Crippen LogP contribution is 2.32. The van der Waals surface area contributed by atoms with Gasteiger partial charge in [-0.25, -0.2) is 9.98 Å². The van der Waals surface area contributed by atoms with Crippen LogP contribution in [0.1, 0.15) is 11.1 Å². The van der Waals surface area contributed by atoms with Gasteiger partial charge in [-0.1, -0.05) is 65.7 Å². The molecule has 2 aliphatic rings. The van der Waals surface area contributed by atoms with Crippen LogP contribution < -0.4 is 10.6 Å². The molecule has 0 aliphatic carbocycles. The van der Waals surface area contributed by atoms with Crippen molar-refractivity contribution in [3.05, 3.63) is 104 Å². The zero-order chi connectivity index (χ0) is 25.1. The molecule has 0 radical (unpaired) electrons. The predicted octanol–water partition coefficient (Wildman–Crippen LogP) is 6.78. The van der Waals surface area contributed by atoms with E-state index in [0.717, 1.165) is 11.1 Å². The van der Waals surface area contributed by atoms with E-state index in [0.29, 0.717) is 41.6 Å². The van der Waals surface area contributed by atoms with E-state index in [9.17, 15) is 9.59 Å². The molecule has 3 aromatic carbocycles. The summed E-state index contributed by atoms with van der Waals surface area (Å²) in [5, 5.41) is 7.59. The minimum atomic E-state index is -0.238. The molecule has 2 N–H and O–H groups in total. The molecule has 0 bridgehead atoms. The first-order valence-electron chi connectivity index (χ1n) is 10.6. The van der Waals surface area contributed by atoms with E-state index in [4.69, 9.17) is 23.2 Å². The average Bonchev–Trinajstić information content (AvgIpc) is 3.37. The predicted molar refractivity (Wildman–Crippen MR) is 151 cm³/mol. The third-order valence-corrected chi connectivity index (χ3v) is 7.48. The van der Waals surface area contributed by atoms with Crippen molar-refractivity contribution in [3.8, 4) is 0 Å². The Morgan fingerprint density at radius 3 is 1.53 bits per heavy atom. The second-order valence-electron chi connectivity index (χ2n) is 7.53. The normalized spacial score (nSPS) is 19.9. The van der Waals surface area contributed by atoms with Crippen LogP contribution in [0, 0.1) is 0 Å². The molecule has 6 nitrogen and oxygen atoms in total. The molecule has 5 rings (SSSR count). The summed E-state index contributed by atoms with van der Waals surface area (Å²) in [6.45, 7) is 0. The molecule has 0 aromatic heterocycles. The number of carbonyl (C=O) groups excluding carboxylic acids is 2. The third kappa shape index (κ3) is 5.74. The van der Waals surface area contributed by atoms with Crippen LogP contribution in [-0.2, 0) is 9.59 Å². The number of hydrogen-bond donors (Lipinski definition) is 2. The Bertz CT molecular complexity index is 1410.